The number of nitrogens with two attached hydrogens (primary N) is 1. The van der Waals surface area contributed by atoms with Crippen LogP contribution in [0.4, 0.5) is 8.78 Å². The standard InChI is InChI=1S/C27H20FN5O3.C20H15FN4O2.CH4/c1-33-21-14-31-20-12-22(35-2)23(36-26(27(30)34)16-6-4-3-5-7-16)11-18(20)24(21)25(32-33)17-9-8-15(13-29)10-19(17)28;1-25-16-10-23-15-8-18(27-3)17(26-2)7-13(15)19(16)20(24-25)12-5-4-11(9-22)6-14(12)21;/h3-12,14,26H,1-2H3,(H2,30,34);4-8,10H,1-3H3;1H4. The molecule has 64 heavy (non-hydrogen) atoms. The molecule has 0 saturated carbocycles. The summed E-state index contributed by atoms with van der Waals surface area (Å²) in [6.45, 7) is 0. The summed E-state index contributed by atoms with van der Waals surface area (Å²) in [5.41, 5.74) is 10.8. The van der Waals surface area contributed by atoms with Crippen LogP contribution >= 0.6 is 0 Å². The number of aryl methyl sites for hydroxylation is 2. The highest BCUT2D eigenvalue weighted by Gasteiger charge is 2.25. The van der Waals surface area contributed by atoms with Gasteiger partial charge in [-0.2, -0.15) is 20.7 Å². The molecule has 4 aromatic heterocycles. The monoisotopic (exact) mass is 859 g/mol. The van der Waals surface area contributed by atoms with Crippen LogP contribution in [0.15, 0.2) is 103 Å². The first-order valence-corrected chi connectivity index (χ1v) is 19.1. The molecule has 0 fully saturated rings. The molecule has 320 valence electrons. The topological polar surface area (TPSA) is 189 Å². The third-order valence-electron chi connectivity index (χ3n) is 10.5. The van der Waals surface area contributed by atoms with Gasteiger partial charge in [0.1, 0.15) is 23.0 Å². The molecule has 9 aromatic rings. The number of carbonyl (C=O) groups excluding carboxylic acids is 1. The highest BCUT2D eigenvalue weighted by Crippen LogP contribution is 2.41. The third-order valence-corrected chi connectivity index (χ3v) is 10.5. The van der Waals surface area contributed by atoms with Crippen molar-refractivity contribution in [3.63, 3.8) is 0 Å². The van der Waals surface area contributed by atoms with Crippen molar-refractivity contribution in [2.75, 3.05) is 21.3 Å². The van der Waals surface area contributed by atoms with Gasteiger partial charge in [0, 0.05) is 64.5 Å². The number of nitrogens with zero attached hydrogens (tertiary/aromatic N) is 8. The molecule has 0 aliphatic heterocycles. The summed E-state index contributed by atoms with van der Waals surface area (Å²) < 4.78 is 55.3. The number of halogens is 2. The number of primary amides is 1. The molecule has 1 atom stereocenters. The molecule has 1 amide bonds. The summed E-state index contributed by atoms with van der Waals surface area (Å²) in [7, 11) is 8.11. The second-order valence-corrected chi connectivity index (χ2v) is 14.1. The first-order chi connectivity index (χ1) is 30.5. The van der Waals surface area contributed by atoms with Crippen LogP contribution in [0.5, 0.6) is 23.0 Å². The van der Waals surface area contributed by atoms with Gasteiger partial charge in [0.15, 0.2) is 23.0 Å². The average Bonchev–Trinajstić information content (AvgIpc) is 3.83. The van der Waals surface area contributed by atoms with Gasteiger partial charge in [-0.05, 0) is 48.5 Å². The average molecular weight is 860 g/mol. The van der Waals surface area contributed by atoms with E-state index in [0.717, 1.165) is 16.3 Å². The van der Waals surface area contributed by atoms with Gasteiger partial charge in [-0.25, -0.2) is 8.78 Å². The molecule has 4 heterocycles. The van der Waals surface area contributed by atoms with Crippen LogP contribution in [-0.2, 0) is 18.9 Å². The number of pyridine rings is 2. The summed E-state index contributed by atoms with van der Waals surface area (Å²) in [6, 6.07) is 28.3. The van der Waals surface area contributed by atoms with Crippen molar-refractivity contribution in [3.8, 4) is 57.7 Å². The number of carbonyl (C=O) groups is 1. The van der Waals surface area contributed by atoms with Gasteiger partial charge in [0.2, 0.25) is 6.10 Å². The Morgan fingerprint density at radius 3 is 1.52 bits per heavy atom. The van der Waals surface area contributed by atoms with Crippen LogP contribution in [0.2, 0.25) is 0 Å². The first-order valence-electron chi connectivity index (χ1n) is 19.1. The minimum atomic E-state index is -1.06. The number of hydrogen-bond donors (Lipinski definition) is 1. The molecular weight excluding hydrogens is 821 g/mol. The predicted molar refractivity (Wildman–Crippen MR) is 238 cm³/mol. The maximum absolute atomic E-state index is 15.0. The fourth-order valence-electron chi connectivity index (χ4n) is 7.42. The Morgan fingerprint density at radius 1 is 0.656 bits per heavy atom. The molecule has 9 rings (SSSR count). The molecule has 16 heteroatoms. The molecule has 5 aromatic carbocycles. The van der Waals surface area contributed by atoms with Crippen molar-refractivity contribution in [1.29, 1.82) is 10.5 Å². The molecule has 0 aliphatic rings. The number of benzene rings is 5. The van der Waals surface area contributed by atoms with Gasteiger partial charge in [-0.3, -0.25) is 24.1 Å². The van der Waals surface area contributed by atoms with Gasteiger partial charge in [0.05, 0.1) is 79.1 Å². The van der Waals surface area contributed by atoms with Gasteiger partial charge >= 0.3 is 0 Å². The smallest absolute Gasteiger partial charge is 0.263 e. The van der Waals surface area contributed by atoms with Gasteiger partial charge < -0.3 is 24.7 Å². The molecule has 0 radical (unpaired) electrons. The van der Waals surface area contributed by atoms with E-state index >= 15 is 0 Å². The number of aromatic nitrogens is 6. The van der Waals surface area contributed by atoms with Crippen LogP contribution in [0.25, 0.3) is 66.1 Å². The van der Waals surface area contributed by atoms with Crippen LogP contribution in [0.3, 0.4) is 0 Å². The zero-order valence-electron chi connectivity index (χ0n) is 34.3. The van der Waals surface area contributed by atoms with E-state index in [9.17, 15) is 13.6 Å². The number of ether oxygens (including phenoxy) is 4. The summed E-state index contributed by atoms with van der Waals surface area (Å²) in [4.78, 5) is 21.3. The van der Waals surface area contributed by atoms with Crippen molar-refractivity contribution in [2.24, 2.45) is 19.8 Å². The first kappa shape index (κ1) is 43.5. The largest absolute Gasteiger partial charge is 0.493 e. The Labute approximate surface area is 365 Å². The molecular formula is C48H39F2N9O5. The lowest BCUT2D eigenvalue weighted by Crippen LogP contribution is -2.26. The van der Waals surface area contributed by atoms with Crippen molar-refractivity contribution in [2.45, 2.75) is 13.5 Å². The maximum atomic E-state index is 15.0. The van der Waals surface area contributed by atoms with Crippen LogP contribution in [0.1, 0.15) is 30.2 Å². The molecule has 0 bridgehead atoms. The van der Waals surface area contributed by atoms with Crippen molar-refractivity contribution in [1.82, 2.24) is 29.5 Å². The fraction of sp³-hybridized carbons (Fsp3) is 0.146. The van der Waals surface area contributed by atoms with E-state index in [-0.39, 0.29) is 29.9 Å². The van der Waals surface area contributed by atoms with Crippen LogP contribution < -0.4 is 24.7 Å². The summed E-state index contributed by atoms with van der Waals surface area (Å²) in [5.74, 6) is -0.00223. The maximum Gasteiger partial charge on any atom is 0.263 e. The lowest BCUT2D eigenvalue weighted by molar-refractivity contribution is -0.125. The Morgan fingerprint density at radius 2 is 1.09 bits per heavy atom. The SMILES string of the molecule is C.COc1cc2ncc3c(c(-c4ccc(C#N)cc4F)nn3C)c2cc1OC.COc1cc2ncc3c(c(-c4ccc(C#N)cc4F)nn3C)c2cc1OC(C(N)=O)c1ccccc1. The van der Waals surface area contributed by atoms with Gasteiger partial charge in [-0.1, -0.05) is 37.8 Å². The van der Waals surface area contributed by atoms with Gasteiger partial charge in [-0.15, -0.1) is 0 Å². The number of amides is 1. The Kier molecular flexibility index (Phi) is 12.1. The van der Waals surface area contributed by atoms with E-state index in [1.807, 2.05) is 24.3 Å². The minimum absolute atomic E-state index is 0. The Balaban J connectivity index is 0.000000196. The number of rotatable bonds is 9. The van der Waals surface area contributed by atoms with E-state index in [0.29, 0.717) is 67.1 Å². The molecule has 0 saturated heterocycles. The number of hydrogen-bond acceptors (Lipinski definition) is 11. The van der Waals surface area contributed by atoms with E-state index in [2.05, 4.69) is 20.2 Å². The Bertz CT molecular complexity index is 3360. The van der Waals surface area contributed by atoms with Gasteiger partial charge in [0.25, 0.3) is 5.91 Å². The van der Waals surface area contributed by atoms with Crippen LogP contribution in [-0.4, -0.2) is 56.8 Å². The van der Waals surface area contributed by atoms with Crippen molar-refractivity contribution in [3.05, 3.63) is 132 Å². The highest BCUT2D eigenvalue weighted by atomic mass is 19.1. The Hall–Kier alpha value is -8.63. The zero-order valence-corrected chi connectivity index (χ0v) is 34.3. The summed E-state index contributed by atoms with van der Waals surface area (Å²) in [6.07, 6.45) is 2.28. The predicted octanol–water partition coefficient (Wildman–Crippen LogP) is 8.87. The second kappa shape index (κ2) is 17.8. The molecule has 14 nitrogen and oxygen atoms in total. The molecule has 0 aliphatic carbocycles. The van der Waals surface area contributed by atoms with E-state index < -0.39 is 23.6 Å². The quantitative estimate of drug-likeness (QED) is 0.146. The van der Waals surface area contributed by atoms with Crippen molar-refractivity contribution < 1.29 is 32.5 Å². The van der Waals surface area contributed by atoms with E-state index in [4.69, 9.17) is 35.2 Å². The lowest BCUT2D eigenvalue weighted by atomic mass is 10.0. The second-order valence-electron chi connectivity index (χ2n) is 14.1. The molecule has 2 N–H and O–H groups in total. The number of methoxy groups -OCH3 is 3. The fourth-order valence-corrected chi connectivity index (χ4v) is 7.42. The minimum Gasteiger partial charge on any atom is -0.493 e. The summed E-state index contributed by atoms with van der Waals surface area (Å²) >= 11 is 0. The highest BCUT2D eigenvalue weighted by molar-refractivity contribution is 6.13. The van der Waals surface area contributed by atoms with E-state index in [1.165, 1.54) is 31.4 Å². The zero-order chi connectivity index (χ0) is 44.5. The summed E-state index contributed by atoms with van der Waals surface area (Å²) in [5, 5.41) is 29.9. The molecule has 1 unspecified atom stereocenters. The van der Waals surface area contributed by atoms with E-state index in [1.54, 1.807) is 105 Å². The van der Waals surface area contributed by atoms with Crippen molar-refractivity contribution >= 4 is 49.5 Å². The number of fused-ring (bicyclic) bond motifs is 6. The number of nitriles is 2. The normalized spacial score (nSPS) is 11.3. The third kappa shape index (κ3) is 7.76. The van der Waals surface area contributed by atoms with Crippen LogP contribution in [0, 0.1) is 34.3 Å². The lowest BCUT2D eigenvalue weighted by Gasteiger charge is -2.19. The molecule has 0 spiro atoms.